The van der Waals surface area contributed by atoms with E-state index in [0.717, 1.165) is 0 Å². The zero-order chi connectivity index (χ0) is 13.0. The second-order valence-corrected chi connectivity index (χ2v) is 5.76. The molecule has 92 valence electrons. The van der Waals surface area contributed by atoms with Crippen LogP contribution in [0, 0.1) is 0 Å². The third-order valence-electron chi connectivity index (χ3n) is 2.61. The fourth-order valence-electron chi connectivity index (χ4n) is 1.87. The number of hydrogen-bond donors (Lipinski definition) is 0. The quantitative estimate of drug-likeness (QED) is 0.408. The van der Waals surface area contributed by atoms with Crippen molar-refractivity contribution in [3.05, 3.63) is 43.3 Å². The third kappa shape index (κ3) is 1.77. The van der Waals surface area contributed by atoms with E-state index >= 15 is 0 Å². The van der Waals surface area contributed by atoms with Crippen molar-refractivity contribution in [1.82, 2.24) is 0 Å². The van der Waals surface area contributed by atoms with E-state index in [0.29, 0.717) is 47.1 Å². The van der Waals surface area contributed by atoms with Gasteiger partial charge in [-0.3, -0.25) is 0 Å². The zero-order valence-corrected chi connectivity index (χ0v) is 12.3. The summed E-state index contributed by atoms with van der Waals surface area (Å²) in [6, 6.07) is 4.89. The van der Waals surface area contributed by atoms with Crippen molar-refractivity contribution >= 4 is 79.9 Å². The maximum atomic E-state index is 6.17. The molecule has 0 aliphatic rings. The van der Waals surface area contributed by atoms with Crippen molar-refractivity contribution < 1.29 is 4.42 Å². The highest BCUT2D eigenvalue weighted by molar-refractivity contribution is 6.49. The summed E-state index contributed by atoms with van der Waals surface area (Å²) in [5.74, 6) is 0. The van der Waals surface area contributed by atoms with Crippen LogP contribution >= 0.6 is 58.0 Å². The average molecular weight is 340 g/mol. The van der Waals surface area contributed by atoms with Gasteiger partial charge in [0.2, 0.25) is 0 Å². The maximum Gasteiger partial charge on any atom is 0.157 e. The molecule has 3 rings (SSSR count). The second kappa shape index (κ2) is 4.36. The predicted octanol–water partition coefficient (Wildman–Crippen LogP) is 6.85. The minimum absolute atomic E-state index is 0.305. The van der Waals surface area contributed by atoms with Crippen LogP contribution in [0.2, 0.25) is 25.1 Å². The summed E-state index contributed by atoms with van der Waals surface area (Å²) >= 11 is 30.3. The summed E-state index contributed by atoms with van der Waals surface area (Å²) in [6.07, 6.45) is 0. The predicted molar refractivity (Wildman–Crippen MR) is 78.8 cm³/mol. The van der Waals surface area contributed by atoms with Gasteiger partial charge in [-0.1, -0.05) is 58.0 Å². The number of halogens is 5. The normalized spacial score (nSPS) is 11.6. The van der Waals surface area contributed by atoms with Crippen molar-refractivity contribution in [2.45, 2.75) is 0 Å². The SMILES string of the molecule is Clc1cc(Cl)c2oc3c(Cl)c(Cl)cc(Cl)c3c2c1. The van der Waals surface area contributed by atoms with Crippen LogP contribution < -0.4 is 0 Å². The van der Waals surface area contributed by atoms with Crippen LogP contribution in [0.1, 0.15) is 0 Å². The third-order valence-corrected chi connectivity index (χ3v) is 4.18. The molecule has 0 unspecified atom stereocenters. The highest BCUT2D eigenvalue weighted by Crippen LogP contribution is 2.44. The van der Waals surface area contributed by atoms with Gasteiger partial charge < -0.3 is 4.42 Å². The smallest absolute Gasteiger partial charge is 0.157 e. The Labute approximate surface area is 127 Å². The van der Waals surface area contributed by atoms with Crippen LogP contribution in [0.3, 0.4) is 0 Å². The Morgan fingerprint density at radius 3 is 2.17 bits per heavy atom. The summed E-state index contributed by atoms with van der Waals surface area (Å²) < 4.78 is 5.64. The molecule has 0 saturated heterocycles. The Hall–Kier alpha value is -0.310. The Bertz CT molecular complexity index is 790. The van der Waals surface area contributed by atoms with Gasteiger partial charge in [-0.05, 0) is 18.2 Å². The molecule has 0 N–H and O–H groups in total. The lowest BCUT2D eigenvalue weighted by molar-refractivity contribution is 0.669. The van der Waals surface area contributed by atoms with Crippen molar-refractivity contribution in [1.29, 1.82) is 0 Å². The van der Waals surface area contributed by atoms with Gasteiger partial charge in [-0.25, -0.2) is 0 Å². The molecule has 0 radical (unpaired) electrons. The molecule has 18 heavy (non-hydrogen) atoms. The summed E-state index contributed by atoms with van der Waals surface area (Å²) in [7, 11) is 0. The van der Waals surface area contributed by atoms with Crippen LogP contribution in [0.25, 0.3) is 21.9 Å². The van der Waals surface area contributed by atoms with Gasteiger partial charge in [0.05, 0.1) is 15.1 Å². The average Bonchev–Trinajstić information content (AvgIpc) is 2.66. The van der Waals surface area contributed by atoms with Crippen LogP contribution in [0.5, 0.6) is 0 Å². The molecule has 1 heterocycles. The van der Waals surface area contributed by atoms with Gasteiger partial charge in [-0.2, -0.15) is 0 Å². The highest BCUT2D eigenvalue weighted by atomic mass is 35.5. The van der Waals surface area contributed by atoms with Gasteiger partial charge in [0.25, 0.3) is 0 Å². The van der Waals surface area contributed by atoms with E-state index in [1.54, 1.807) is 18.2 Å². The molecule has 0 saturated carbocycles. The first kappa shape index (κ1) is 12.7. The van der Waals surface area contributed by atoms with Gasteiger partial charge in [0.15, 0.2) is 11.2 Å². The Morgan fingerprint density at radius 2 is 1.44 bits per heavy atom. The monoisotopic (exact) mass is 338 g/mol. The Morgan fingerprint density at radius 1 is 0.722 bits per heavy atom. The summed E-state index contributed by atoms with van der Waals surface area (Å²) in [6.45, 7) is 0. The molecule has 3 aromatic rings. The number of fused-ring (bicyclic) bond motifs is 3. The molecule has 0 spiro atoms. The lowest BCUT2D eigenvalue weighted by Crippen LogP contribution is -1.74. The van der Waals surface area contributed by atoms with Crippen LogP contribution in [-0.2, 0) is 0 Å². The number of benzene rings is 2. The molecule has 1 nitrogen and oxygen atoms in total. The molecule has 1 aromatic heterocycles. The van der Waals surface area contributed by atoms with Gasteiger partial charge in [0, 0.05) is 15.8 Å². The first-order valence-corrected chi connectivity index (χ1v) is 6.73. The zero-order valence-electron chi connectivity index (χ0n) is 8.53. The van der Waals surface area contributed by atoms with Crippen molar-refractivity contribution in [2.75, 3.05) is 0 Å². The molecule has 0 amide bonds. The van der Waals surface area contributed by atoms with Crippen LogP contribution in [0.4, 0.5) is 0 Å². The van der Waals surface area contributed by atoms with Crippen LogP contribution in [0.15, 0.2) is 22.6 Å². The minimum atomic E-state index is 0.305. The van der Waals surface area contributed by atoms with Crippen molar-refractivity contribution in [2.24, 2.45) is 0 Å². The van der Waals surface area contributed by atoms with Gasteiger partial charge >= 0.3 is 0 Å². The molecular weight excluding hydrogens is 337 g/mol. The standard InChI is InChI=1S/C12H3Cl5O/c13-4-1-5-9-6(14)3-7(15)10(17)12(9)18-11(5)8(16)2-4/h1-3H. The summed E-state index contributed by atoms with van der Waals surface area (Å²) in [5.41, 5.74) is 0.899. The van der Waals surface area contributed by atoms with Crippen molar-refractivity contribution in [3.8, 4) is 0 Å². The Kier molecular flexibility index (Phi) is 3.08. The van der Waals surface area contributed by atoms with E-state index in [9.17, 15) is 0 Å². The van der Waals surface area contributed by atoms with E-state index < -0.39 is 0 Å². The molecule has 0 aliphatic carbocycles. The number of rotatable bonds is 0. The first-order valence-electron chi connectivity index (χ1n) is 4.84. The fourth-order valence-corrected chi connectivity index (χ4v) is 3.14. The second-order valence-electron chi connectivity index (χ2n) is 3.72. The van der Waals surface area contributed by atoms with Gasteiger partial charge in [0.1, 0.15) is 5.02 Å². The van der Waals surface area contributed by atoms with E-state index in [1.807, 2.05) is 0 Å². The van der Waals surface area contributed by atoms with Crippen molar-refractivity contribution in [3.63, 3.8) is 0 Å². The maximum absolute atomic E-state index is 6.17. The van der Waals surface area contributed by atoms with E-state index in [4.69, 9.17) is 62.4 Å². The molecular formula is C12H3Cl5O. The lowest BCUT2D eigenvalue weighted by Gasteiger charge is -1.99. The fraction of sp³-hybridized carbons (Fsp3) is 0. The highest BCUT2D eigenvalue weighted by Gasteiger charge is 2.18. The van der Waals surface area contributed by atoms with Crippen LogP contribution in [-0.4, -0.2) is 0 Å². The molecule has 0 atom stereocenters. The summed E-state index contributed by atoms with van der Waals surface area (Å²) in [4.78, 5) is 0. The molecule has 0 fully saturated rings. The topological polar surface area (TPSA) is 13.1 Å². The largest absolute Gasteiger partial charge is 0.453 e. The lowest BCUT2D eigenvalue weighted by atomic mass is 10.1. The molecule has 2 aromatic carbocycles. The number of hydrogen-bond acceptors (Lipinski definition) is 1. The molecule has 0 aliphatic heterocycles. The van der Waals surface area contributed by atoms with E-state index in [2.05, 4.69) is 0 Å². The Balaban J connectivity index is 2.64. The summed E-state index contributed by atoms with van der Waals surface area (Å²) in [5, 5.41) is 3.34. The minimum Gasteiger partial charge on any atom is -0.453 e. The van der Waals surface area contributed by atoms with Gasteiger partial charge in [-0.15, -0.1) is 0 Å². The first-order chi connectivity index (χ1) is 8.49. The van der Waals surface area contributed by atoms with E-state index in [1.165, 1.54) is 0 Å². The molecule has 6 heteroatoms. The molecule has 0 bridgehead atoms. The number of furan rings is 1. The van der Waals surface area contributed by atoms with E-state index in [-0.39, 0.29) is 0 Å².